The molecule has 2 rings (SSSR count). The van der Waals surface area contributed by atoms with Gasteiger partial charge in [0.15, 0.2) is 0 Å². The number of aromatic nitrogens is 2. The Kier molecular flexibility index (Phi) is 8.24. The SMILES string of the molecule is CCN(CC)CCCNC(=O)CCCn1c(=O)[nH]c2ccc(Br)cc2c1=O. The maximum Gasteiger partial charge on any atom is 0.328 e. The zero-order chi connectivity index (χ0) is 19.8. The second-order valence-electron chi connectivity index (χ2n) is 6.41. The van der Waals surface area contributed by atoms with Gasteiger partial charge in [-0.05, 0) is 50.7 Å². The Labute approximate surface area is 166 Å². The van der Waals surface area contributed by atoms with E-state index in [9.17, 15) is 14.4 Å². The molecule has 1 aromatic heterocycles. The van der Waals surface area contributed by atoms with Gasteiger partial charge in [0.25, 0.3) is 5.56 Å². The minimum absolute atomic E-state index is 0.0532. The smallest absolute Gasteiger partial charge is 0.328 e. The number of hydrogen-bond acceptors (Lipinski definition) is 4. The van der Waals surface area contributed by atoms with E-state index in [-0.39, 0.29) is 24.4 Å². The lowest BCUT2D eigenvalue weighted by Gasteiger charge is -2.17. The fourth-order valence-electron chi connectivity index (χ4n) is 2.98. The van der Waals surface area contributed by atoms with Gasteiger partial charge in [0.2, 0.25) is 5.91 Å². The lowest BCUT2D eigenvalue weighted by molar-refractivity contribution is -0.121. The Morgan fingerprint density at radius 3 is 2.67 bits per heavy atom. The Morgan fingerprint density at radius 1 is 1.22 bits per heavy atom. The summed E-state index contributed by atoms with van der Waals surface area (Å²) < 4.78 is 1.93. The second-order valence-corrected chi connectivity index (χ2v) is 7.33. The Balaban J connectivity index is 1.85. The Bertz CT molecular complexity index is 887. The van der Waals surface area contributed by atoms with Crippen LogP contribution in [0.1, 0.15) is 33.1 Å². The first kappa shape index (κ1) is 21.4. The van der Waals surface area contributed by atoms with E-state index in [1.165, 1.54) is 0 Å². The molecule has 1 amide bonds. The average molecular weight is 439 g/mol. The third kappa shape index (κ3) is 6.04. The van der Waals surface area contributed by atoms with Gasteiger partial charge < -0.3 is 15.2 Å². The van der Waals surface area contributed by atoms with Crippen LogP contribution in [0, 0.1) is 0 Å². The van der Waals surface area contributed by atoms with Gasteiger partial charge in [-0.2, -0.15) is 0 Å². The van der Waals surface area contributed by atoms with Gasteiger partial charge in [-0.3, -0.25) is 14.2 Å². The minimum Gasteiger partial charge on any atom is -0.356 e. The molecule has 2 N–H and O–H groups in total. The van der Waals surface area contributed by atoms with Gasteiger partial charge >= 0.3 is 5.69 Å². The van der Waals surface area contributed by atoms with Crippen molar-refractivity contribution in [3.05, 3.63) is 43.5 Å². The highest BCUT2D eigenvalue weighted by Crippen LogP contribution is 2.14. The van der Waals surface area contributed by atoms with Crippen molar-refractivity contribution < 1.29 is 4.79 Å². The molecule has 0 fully saturated rings. The highest BCUT2D eigenvalue weighted by Gasteiger charge is 2.09. The molecule has 2 aromatic rings. The monoisotopic (exact) mass is 438 g/mol. The summed E-state index contributed by atoms with van der Waals surface area (Å²) in [6, 6.07) is 5.15. The number of rotatable bonds is 10. The molecule has 0 saturated heterocycles. The van der Waals surface area contributed by atoms with Crippen LogP contribution in [0.3, 0.4) is 0 Å². The molecule has 0 unspecified atom stereocenters. The molecule has 0 bridgehead atoms. The van der Waals surface area contributed by atoms with E-state index in [0.29, 0.717) is 23.9 Å². The molecule has 0 saturated carbocycles. The normalized spacial score (nSPS) is 11.3. The maximum atomic E-state index is 12.5. The van der Waals surface area contributed by atoms with Crippen LogP contribution < -0.4 is 16.6 Å². The van der Waals surface area contributed by atoms with Crippen molar-refractivity contribution in [2.75, 3.05) is 26.2 Å². The van der Waals surface area contributed by atoms with Crippen LogP contribution in [0.4, 0.5) is 0 Å². The summed E-state index contributed by atoms with van der Waals surface area (Å²) in [5, 5.41) is 3.34. The molecule has 0 aliphatic heterocycles. The van der Waals surface area contributed by atoms with E-state index in [1.807, 2.05) is 0 Å². The number of H-pyrrole nitrogens is 1. The molecule has 0 aliphatic carbocycles. The summed E-state index contributed by atoms with van der Waals surface area (Å²) in [7, 11) is 0. The van der Waals surface area contributed by atoms with Gasteiger partial charge in [-0.15, -0.1) is 0 Å². The van der Waals surface area contributed by atoms with Crippen molar-refractivity contribution in [3.8, 4) is 0 Å². The van der Waals surface area contributed by atoms with Crippen LogP contribution in [0.15, 0.2) is 32.3 Å². The number of carbonyl (C=O) groups excluding carboxylic acids is 1. The number of amides is 1. The van der Waals surface area contributed by atoms with E-state index in [0.717, 1.165) is 35.1 Å². The van der Waals surface area contributed by atoms with E-state index >= 15 is 0 Å². The summed E-state index contributed by atoms with van der Waals surface area (Å²) in [6.45, 7) is 8.08. The predicted molar refractivity (Wildman–Crippen MR) is 111 cm³/mol. The van der Waals surface area contributed by atoms with Gasteiger partial charge in [-0.1, -0.05) is 29.8 Å². The molecule has 148 valence electrons. The first-order valence-electron chi connectivity index (χ1n) is 9.37. The number of fused-ring (bicyclic) bond motifs is 1. The molecule has 0 aliphatic rings. The standard InChI is InChI=1S/C19H27BrN4O3/c1-3-23(4-2)11-6-10-21-17(25)7-5-12-24-18(26)15-13-14(20)8-9-16(15)22-19(24)27/h8-9,13H,3-7,10-12H2,1-2H3,(H,21,25)(H,22,27). The molecule has 27 heavy (non-hydrogen) atoms. The quantitative estimate of drug-likeness (QED) is 0.555. The predicted octanol–water partition coefficient (Wildman–Crippen LogP) is 2.08. The molecular formula is C19H27BrN4O3. The number of hydrogen-bond donors (Lipinski definition) is 2. The Morgan fingerprint density at radius 2 is 1.96 bits per heavy atom. The van der Waals surface area contributed by atoms with Crippen molar-refractivity contribution in [3.63, 3.8) is 0 Å². The van der Waals surface area contributed by atoms with Crippen molar-refractivity contribution >= 4 is 32.7 Å². The summed E-state index contributed by atoms with van der Waals surface area (Å²) in [4.78, 5) is 41.6. The molecule has 0 spiro atoms. The lowest BCUT2D eigenvalue weighted by atomic mass is 10.2. The van der Waals surface area contributed by atoms with Crippen LogP contribution >= 0.6 is 15.9 Å². The van der Waals surface area contributed by atoms with Crippen molar-refractivity contribution in [1.29, 1.82) is 0 Å². The number of nitrogens with zero attached hydrogens (tertiary/aromatic N) is 2. The van der Waals surface area contributed by atoms with Crippen LogP contribution in [0.25, 0.3) is 10.9 Å². The van der Waals surface area contributed by atoms with Crippen LogP contribution in [-0.2, 0) is 11.3 Å². The lowest BCUT2D eigenvalue weighted by Crippen LogP contribution is -2.35. The van der Waals surface area contributed by atoms with Crippen molar-refractivity contribution in [1.82, 2.24) is 19.8 Å². The van der Waals surface area contributed by atoms with Gasteiger partial charge in [0, 0.05) is 24.0 Å². The van der Waals surface area contributed by atoms with Crippen LogP contribution in [0.2, 0.25) is 0 Å². The molecule has 1 aromatic carbocycles. The van der Waals surface area contributed by atoms with E-state index in [2.05, 4.69) is 45.0 Å². The summed E-state index contributed by atoms with van der Waals surface area (Å²) in [5.74, 6) is -0.0532. The minimum atomic E-state index is -0.450. The zero-order valence-corrected chi connectivity index (χ0v) is 17.5. The highest BCUT2D eigenvalue weighted by atomic mass is 79.9. The molecule has 0 atom stereocenters. The number of halogens is 1. The van der Waals surface area contributed by atoms with Crippen molar-refractivity contribution in [2.24, 2.45) is 0 Å². The topological polar surface area (TPSA) is 87.2 Å². The molecule has 1 heterocycles. The summed E-state index contributed by atoms with van der Waals surface area (Å²) in [6.07, 6.45) is 1.63. The van der Waals surface area contributed by atoms with E-state index < -0.39 is 5.69 Å². The van der Waals surface area contributed by atoms with Gasteiger partial charge in [-0.25, -0.2) is 4.79 Å². The largest absolute Gasteiger partial charge is 0.356 e. The number of aromatic amines is 1. The summed E-state index contributed by atoms with van der Waals surface area (Å²) in [5.41, 5.74) is -0.278. The molecule has 0 radical (unpaired) electrons. The van der Waals surface area contributed by atoms with Crippen LogP contribution in [-0.4, -0.2) is 46.5 Å². The summed E-state index contributed by atoms with van der Waals surface area (Å²) >= 11 is 3.33. The van der Waals surface area contributed by atoms with E-state index in [1.54, 1.807) is 18.2 Å². The van der Waals surface area contributed by atoms with Gasteiger partial charge in [0.05, 0.1) is 10.9 Å². The van der Waals surface area contributed by atoms with E-state index in [4.69, 9.17) is 0 Å². The first-order valence-corrected chi connectivity index (χ1v) is 10.2. The number of nitrogens with one attached hydrogen (secondary N) is 2. The molecular weight excluding hydrogens is 412 g/mol. The third-order valence-corrected chi connectivity index (χ3v) is 5.09. The number of benzene rings is 1. The maximum absolute atomic E-state index is 12.5. The fraction of sp³-hybridized carbons (Fsp3) is 0.526. The molecule has 7 nitrogen and oxygen atoms in total. The zero-order valence-electron chi connectivity index (χ0n) is 15.9. The van der Waals surface area contributed by atoms with Gasteiger partial charge in [0.1, 0.15) is 0 Å². The first-order chi connectivity index (χ1) is 13.0. The molecule has 8 heteroatoms. The van der Waals surface area contributed by atoms with Crippen LogP contribution in [0.5, 0.6) is 0 Å². The number of carbonyl (C=O) groups is 1. The Hall–Kier alpha value is -1.93. The second kappa shape index (κ2) is 10.4. The fourth-order valence-corrected chi connectivity index (χ4v) is 3.34. The average Bonchev–Trinajstić information content (AvgIpc) is 2.65. The highest BCUT2D eigenvalue weighted by molar-refractivity contribution is 9.10. The third-order valence-electron chi connectivity index (χ3n) is 4.60. The van der Waals surface area contributed by atoms with Crippen molar-refractivity contribution in [2.45, 2.75) is 39.7 Å².